The standard InChI is InChI=1S/C12H24N4O/c1-5-17-7-6-15(3)12(8-13)11-9-16(4)14-10(11)2/h9,12H,5-8,13H2,1-4H3. The van der Waals surface area contributed by atoms with Gasteiger partial charge in [0, 0.05) is 38.5 Å². The van der Waals surface area contributed by atoms with Crippen LogP contribution >= 0.6 is 0 Å². The van der Waals surface area contributed by atoms with Gasteiger partial charge in [0.15, 0.2) is 0 Å². The lowest BCUT2D eigenvalue weighted by Crippen LogP contribution is -2.33. The summed E-state index contributed by atoms with van der Waals surface area (Å²) in [5, 5.41) is 4.36. The Labute approximate surface area is 104 Å². The summed E-state index contributed by atoms with van der Waals surface area (Å²) >= 11 is 0. The Kier molecular flexibility index (Phi) is 5.61. The van der Waals surface area contributed by atoms with Gasteiger partial charge in [-0.2, -0.15) is 5.10 Å². The van der Waals surface area contributed by atoms with Gasteiger partial charge < -0.3 is 10.5 Å². The Morgan fingerprint density at radius 1 is 1.59 bits per heavy atom. The third kappa shape index (κ3) is 3.80. The fraction of sp³-hybridized carbons (Fsp3) is 0.750. The van der Waals surface area contributed by atoms with Gasteiger partial charge in [0.05, 0.1) is 18.3 Å². The van der Waals surface area contributed by atoms with E-state index in [1.165, 1.54) is 5.56 Å². The van der Waals surface area contributed by atoms with Gasteiger partial charge in [-0.25, -0.2) is 0 Å². The second-order valence-electron chi connectivity index (χ2n) is 4.27. The normalized spacial score (nSPS) is 13.3. The number of likely N-dealkylation sites (N-methyl/N-ethyl adjacent to an activating group) is 1. The van der Waals surface area contributed by atoms with E-state index in [0.29, 0.717) is 6.54 Å². The van der Waals surface area contributed by atoms with Crippen LogP contribution in [0.1, 0.15) is 24.2 Å². The summed E-state index contributed by atoms with van der Waals surface area (Å²) in [4.78, 5) is 2.22. The van der Waals surface area contributed by atoms with Crippen molar-refractivity contribution in [3.63, 3.8) is 0 Å². The van der Waals surface area contributed by atoms with Gasteiger partial charge in [-0.3, -0.25) is 9.58 Å². The molecule has 0 aliphatic carbocycles. The average molecular weight is 240 g/mol. The molecular formula is C12H24N4O. The van der Waals surface area contributed by atoms with Gasteiger partial charge in [0.1, 0.15) is 0 Å². The van der Waals surface area contributed by atoms with E-state index in [-0.39, 0.29) is 6.04 Å². The van der Waals surface area contributed by atoms with Crippen LogP contribution in [0.5, 0.6) is 0 Å². The van der Waals surface area contributed by atoms with Crippen molar-refractivity contribution >= 4 is 0 Å². The molecule has 0 bridgehead atoms. The third-order valence-corrected chi connectivity index (χ3v) is 2.96. The van der Waals surface area contributed by atoms with E-state index >= 15 is 0 Å². The van der Waals surface area contributed by atoms with Gasteiger partial charge in [-0.1, -0.05) is 0 Å². The minimum absolute atomic E-state index is 0.212. The summed E-state index contributed by atoms with van der Waals surface area (Å²) in [6.07, 6.45) is 2.05. The highest BCUT2D eigenvalue weighted by Gasteiger charge is 2.19. The zero-order valence-electron chi connectivity index (χ0n) is 11.3. The molecule has 98 valence electrons. The highest BCUT2D eigenvalue weighted by Crippen LogP contribution is 2.20. The topological polar surface area (TPSA) is 56.3 Å². The molecule has 2 N–H and O–H groups in total. The number of rotatable bonds is 7. The van der Waals surface area contributed by atoms with E-state index < -0.39 is 0 Å². The monoisotopic (exact) mass is 240 g/mol. The Morgan fingerprint density at radius 3 is 2.76 bits per heavy atom. The highest BCUT2D eigenvalue weighted by molar-refractivity contribution is 5.20. The van der Waals surface area contributed by atoms with Crippen LogP contribution in [0.15, 0.2) is 6.20 Å². The number of ether oxygens (including phenoxy) is 1. The van der Waals surface area contributed by atoms with Crippen LogP contribution in [0.3, 0.4) is 0 Å². The first kappa shape index (κ1) is 14.2. The second-order valence-corrected chi connectivity index (χ2v) is 4.27. The molecule has 0 saturated heterocycles. The minimum Gasteiger partial charge on any atom is -0.380 e. The zero-order valence-corrected chi connectivity index (χ0v) is 11.3. The minimum atomic E-state index is 0.212. The van der Waals surface area contributed by atoms with Crippen LogP contribution < -0.4 is 5.73 Å². The molecule has 5 nitrogen and oxygen atoms in total. The first-order valence-electron chi connectivity index (χ1n) is 6.08. The molecule has 1 rings (SSSR count). The maximum Gasteiger partial charge on any atom is 0.0641 e. The van der Waals surface area contributed by atoms with Crippen molar-refractivity contribution in [1.82, 2.24) is 14.7 Å². The number of hydrogen-bond donors (Lipinski definition) is 1. The van der Waals surface area contributed by atoms with Crippen LogP contribution in [0.25, 0.3) is 0 Å². The molecule has 0 aromatic carbocycles. The average Bonchev–Trinajstić information content (AvgIpc) is 2.60. The molecule has 1 unspecified atom stereocenters. The Hall–Kier alpha value is -0.910. The van der Waals surface area contributed by atoms with Crippen molar-refractivity contribution in [3.05, 3.63) is 17.5 Å². The molecule has 1 aromatic heterocycles. The maximum atomic E-state index is 5.87. The van der Waals surface area contributed by atoms with E-state index in [1.54, 1.807) is 0 Å². The SMILES string of the molecule is CCOCCN(C)C(CN)c1cn(C)nc1C. The Balaban J connectivity index is 2.67. The number of nitrogens with zero attached hydrogens (tertiary/aromatic N) is 3. The fourth-order valence-corrected chi connectivity index (χ4v) is 2.00. The largest absolute Gasteiger partial charge is 0.380 e. The number of aryl methyl sites for hydroxylation is 2. The molecule has 0 saturated carbocycles. The number of nitrogens with two attached hydrogens (primary N) is 1. The number of hydrogen-bond acceptors (Lipinski definition) is 4. The van der Waals surface area contributed by atoms with Crippen molar-refractivity contribution in [1.29, 1.82) is 0 Å². The second kappa shape index (κ2) is 6.74. The molecule has 5 heteroatoms. The molecule has 17 heavy (non-hydrogen) atoms. The summed E-state index contributed by atoms with van der Waals surface area (Å²) in [5.41, 5.74) is 8.12. The van der Waals surface area contributed by atoms with E-state index in [1.807, 2.05) is 31.8 Å². The van der Waals surface area contributed by atoms with Crippen molar-refractivity contribution in [3.8, 4) is 0 Å². The van der Waals surface area contributed by atoms with Crippen molar-refractivity contribution in [2.75, 3.05) is 33.4 Å². The van der Waals surface area contributed by atoms with Gasteiger partial charge in [-0.15, -0.1) is 0 Å². The third-order valence-electron chi connectivity index (χ3n) is 2.96. The Morgan fingerprint density at radius 2 is 2.29 bits per heavy atom. The molecular weight excluding hydrogens is 216 g/mol. The Bertz CT molecular complexity index is 337. The molecule has 0 aliphatic rings. The lowest BCUT2D eigenvalue weighted by Gasteiger charge is -2.26. The van der Waals surface area contributed by atoms with Gasteiger partial charge in [0.25, 0.3) is 0 Å². The van der Waals surface area contributed by atoms with Crippen molar-refractivity contribution < 1.29 is 4.74 Å². The summed E-state index contributed by atoms with van der Waals surface area (Å²) in [6, 6.07) is 0.212. The highest BCUT2D eigenvalue weighted by atomic mass is 16.5. The molecule has 0 amide bonds. The number of aromatic nitrogens is 2. The molecule has 1 heterocycles. The van der Waals surface area contributed by atoms with Crippen LogP contribution in [0, 0.1) is 6.92 Å². The molecule has 1 aromatic rings. The smallest absolute Gasteiger partial charge is 0.0641 e. The molecule has 1 atom stereocenters. The quantitative estimate of drug-likeness (QED) is 0.713. The van der Waals surface area contributed by atoms with E-state index in [0.717, 1.165) is 25.5 Å². The first-order valence-corrected chi connectivity index (χ1v) is 6.08. The maximum absolute atomic E-state index is 5.87. The van der Waals surface area contributed by atoms with Gasteiger partial charge in [-0.05, 0) is 20.9 Å². The molecule has 0 fully saturated rings. The summed E-state index contributed by atoms with van der Waals surface area (Å²) in [5.74, 6) is 0. The molecule has 0 radical (unpaired) electrons. The predicted octanol–water partition coefficient (Wildman–Crippen LogP) is 0.697. The van der Waals surface area contributed by atoms with E-state index in [9.17, 15) is 0 Å². The van der Waals surface area contributed by atoms with Crippen molar-refractivity contribution in [2.24, 2.45) is 12.8 Å². The summed E-state index contributed by atoms with van der Waals surface area (Å²) in [6.45, 7) is 7.00. The van der Waals surface area contributed by atoms with Crippen molar-refractivity contribution in [2.45, 2.75) is 19.9 Å². The lowest BCUT2D eigenvalue weighted by molar-refractivity contribution is 0.108. The van der Waals surface area contributed by atoms with E-state index in [2.05, 4.69) is 17.0 Å². The first-order chi connectivity index (χ1) is 8.10. The van der Waals surface area contributed by atoms with Gasteiger partial charge >= 0.3 is 0 Å². The van der Waals surface area contributed by atoms with Crippen LogP contribution in [0.2, 0.25) is 0 Å². The predicted molar refractivity (Wildman–Crippen MR) is 68.9 cm³/mol. The molecule has 0 spiro atoms. The van der Waals surface area contributed by atoms with Gasteiger partial charge in [0.2, 0.25) is 0 Å². The van der Waals surface area contributed by atoms with E-state index in [4.69, 9.17) is 10.5 Å². The van der Waals surface area contributed by atoms with Crippen LogP contribution in [-0.2, 0) is 11.8 Å². The summed E-state index contributed by atoms with van der Waals surface area (Å²) in [7, 11) is 4.01. The summed E-state index contributed by atoms with van der Waals surface area (Å²) < 4.78 is 7.20. The van der Waals surface area contributed by atoms with Crippen LogP contribution in [-0.4, -0.2) is 48.0 Å². The lowest BCUT2D eigenvalue weighted by atomic mass is 10.1. The fourth-order valence-electron chi connectivity index (χ4n) is 2.00. The van der Waals surface area contributed by atoms with Crippen LogP contribution in [0.4, 0.5) is 0 Å². The zero-order chi connectivity index (χ0) is 12.8. The molecule has 0 aliphatic heterocycles.